The van der Waals surface area contributed by atoms with Crippen LogP contribution in [0.15, 0.2) is 53.6 Å². The highest BCUT2D eigenvalue weighted by atomic mass is 35.5. The lowest BCUT2D eigenvalue weighted by Crippen LogP contribution is -1.95. The van der Waals surface area contributed by atoms with Crippen LogP contribution >= 0.6 is 11.6 Å². The van der Waals surface area contributed by atoms with Gasteiger partial charge in [-0.1, -0.05) is 23.7 Å². The summed E-state index contributed by atoms with van der Waals surface area (Å²) in [5, 5.41) is 5.56. The van der Waals surface area contributed by atoms with E-state index in [4.69, 9.17) is 11.6 Å². The SMILES string of the molecule is Cc1cc(NN=Cc2ccc(Cl)cc2)c2cc(F)ccc2n1. The Morgan fingerprint density at radius 1 is 1.14 bits per heavy atom. The van der Waals surface area contributed by atoms with Gasteiger partial charge in [-0.15, -0.1) is 0 Å². The van der Waals surface area contributed by atoms with Crippen molar-refractivity contribution in [3.8, 4) is 0 Å². The van der Waals surface area contributed by atoms with E-state index >= 15 is 0 Å². The average molecular weight is 314 g/mol. The Balaban J connectivity index is 1.90. The lowest BCUT2D eigenvalue weighted by Gasteiger charge is -2.07. The molecule has 0 amide bonds. The molecule has 1 N–H and O–H groups in total. The van der Waals surface area contributed by atoms with Crippen molar-refractivity contribution in [2.45, 2.75) is 6.92 Å². The van der Waals surface area contributed by atoms with Gasteiger partial charge in [0, 0.05) is 16.1 Å². The molecule has 0 saturated heterocycles. The first-order chi connectivity index (χ1) is 10.6. The number of hydrazone groups is 1. The van der Waals surface area contributed by atoms with Crippen molar-refractivity contribution >= 4 is 34.4 Å². The molecule has 110 valence electrons. The van der Waals surface area contributed by atoms with Crippen LogP contribution in [0.5, 0.6) is 0 Å². The number of nitrogens with zero attached hydrogens (tertiary/aromatic N) is 2. The zero-order chi connectivity index (χ0) is 15.5. The number of benzene rings is 2. The van der Waals surface area contributed by atoms with Gasteiger partial charge in [-0.25, -0.2) is 4.39 Å². The third-order valence-electron chi connectivity index (χ3n) is 3.17. The minimum Gasteiger partial charge on any atom is -0.278 e. The van der Waals surface area contributed by atoms with E-state index in [2.05, 4.69) is 15.5 Å². The number of hydrogen-bond acceptors (Lipinski definition) is 3. The molecule has 0 saturated carbocycles. The highest BCUT2D eigenvalue weighted by molar-refractivity contribution is 6.30. The van der Waals surface area contributed by atoms with Crippen LogP contribution in [0.3, 0.4) is 0 Å². The van der Waals surface area contributed by atoms with E-state index in [1.165, 1.54) is 12.1 Å². The van der Waals surface area contributed by atoms with Crippen molar-refractivity contribution in [3.05, 3.63) is 70.6 Å². The molecule has 2 aromatic carbocycles. The molecule has 0 atom stereocenters. The predicted octanol–water partition coefficient (Wildman–Crippen LogP) is 4.78. The Hall–Kier alpha value is -2.46. The summed E-state index contributed by atoms with van der Waals surface area (Å²) in [6.07, 6.45) is 1.68. The summed E-state index contributed by atoms with van der Waals surface area (Å²) < 4.78 is 13.4. The summed E-state index contributed by atoms with van der Waals surface area (Å²) >= 11 is 5.84. The topological polar surface area (TPSA) is 37.3 Å². The number of hydrogen-bond donors (Lipinski definition) is 1. The maximum Gasteiger partial charge on any atom is 0.124 e. The van der Waals surface area contributed by atoms with E-state index in [9.17, 15) is 4.39 Å². The van der Waals surface area contributed by atoms with E-state index in [-0.39, 0.29) is 5.82 Å². The molecule has 0 aliphatic heterocycles. The third kappa shape index (κ3) is 3.23. The minimum atomic E-state index is -0.303. The second-order valence-corrected chi connectivity index (χ2v) is 5.33. The Morgan fingerprint density at radius 3 is 2.68 bits per heavy atom. The molecular formula is C17H13ClFN3. The maximum atomic E-state index is 13.4. The second-order valence-electron chi connectivity index (χ2n) is 4.89. The Morgan fingerprint density at radius 2 is 1.91 bits per heavy atom. The molecule has 0 fully saturated rings. The van der Waals surface area contributed by atoms with Crippen molar-refractivity contribution < 1.29 is 4.39 Å². The Labute approximate surface area is 132 Å². The average Bonchev–Trinajstić information content (AvgIpc) is 2.50. The lowest BCUT2D eigenvalue weighted by atomic mass is 10.1. The van der Waals surface area contributed by atoms with Crippen LogP contribution in [0.2, 0.25) is 5.02 Å². The van der Waals surface area contributed by atoms with Crippen LogP contribution in [0.25, 0.3) is 10.9 Å². The van der Waals surface area contributed by atoms with Crippen LogP contribution in [-0.4, -0.2) is 11.2 Å². The molecule has 3 nitrogen and oxygen atoms in total. The molecule has 22 heavy (non-hydrogen) atoms. The van der Waals surface area contributed by atoms with Gasteiger partial charge in [0.2, 0.25) is 0 Å². The number of pyridine rings is 1. The molecule has 3 rings (SSSR count). The molecule has 0 unspecified atom stereocenters. The number of aryl methyl sites for hydroxylation is 1. The second kappa shape index (κ2) is 6.12. The van der Waals surface area contributed by atoms with Crippen LogP contribution < -0.4 is 5.43 Å². The first-order valence-corrected chi connectivity index (χ1v) is 7.11. The number of rotatable bonds is 3. The fourth-order valence-corrected chi connectivity index (χ4v) is 2.27. The molecule has 0 aliphatic carbocycles. The number of fused-ring (bicyclic) bond motifs is 1. The Kier molecular flexibility index (Phi) is 4.02. The summed E-state index contributed by atoms with van der Waals surface area (Å²) in [4.78, 5) is 4.38. The van der Waals surface area contributed by atoms with Crippen molar-refractivity contribution in [1.82, 2.24) is 4.98 Å². The van der Waals surface area contributed by atoms with Gasteiger partial charge in [0.05, 0.1) is 17.4 Å². The molecule has 0 bridgehead atoms. The maximum absolute atomic E-state index is 13.4. The van der Waals surface area contributed by atoms with E-state index in [1.807, 2.05) is 25.1 Å². The largest absolute Gasteiger partial charge is 0.278 e. The number of halogens is 2. The zero-order valence-electron chi connectivity index (χ0n) is 11.8. The third-order valence-corrected chi connectivity index (χ3v) is 3.42. The minimum absolute atomic E-state index is 0.303. The van der Waals surface area contributed by atoms with E-state index < -0.39 is 0 Å². The van der Waals surface area contributed by atoms with E-state index in [1.54, 1.807) is 24.4 Å². The van der Waals surface area contributed by atoms with Crippen molar-refractivity contribution in [1.29, 1.82) is 0 Å². The van der Waals surface area contributed by atoms with Gasteiger partial charge in [-0.2, -0.15) is 5.10 Å². The van der Waals surface area contributed by atoms with Crippen molar-refractivity contribution in [2.75, 3.05) is 5.43 Å². The lowest BCUT2D eigenvalue weighted by molar-refractivity contribution is 0.629. The highest BCUT2D eigenvalue weighted by Gasteiger charge is 2.04. The van der Waals surface area contributed by atoms with Gasteiger partial charge in [-0.3, -0.25) is 10.4 Å². The van der Waals surface area contributed by atoms with Gasteiger partial charge >= 0.3 is 0 Å². The highest BCUT2D eigenvalue weighted by Crippen LogP contribution is 2.24. The molecule has 0 spiro atoms. The molecule has 1 aromatic heterocycles. The summed E-state index contributed by atoms with van der Waals surface area (Å²) in [6.45, 7) is 1.89. The Bertz CT molecular complexity index is 844. The van der Waals surface area contributed by atoms with Gasteiger partial charge in [-0.05, 0) is 48.9 Å². The van der Waals surface area contributed by atoms with Gasteiger partial charge in [0.25, 0.3) is 0 Å². The molecule has 3 aromatic rings. The van der Waals surface area contributed by atoms with Crippen LogP contribution in [-0.2, 0) is 0 Å². The fourth-order valence-electron chi connectivity index (χ4n) is 2.15. The standard InChI is InChI=1S/C17H13ClFN3/c1-11-8-17(15-9-14(19)6-7-16(15)21-11)22-20-10-12-2-4-13(18)5-3-12/h2-10H,1H3,(H,21,22). The van der Waals surface area contributed by atoms with E-state index in [0.717, 1.165) is 16.8 Å². The van der Waals surface area contributed by atoms with Gasteiger partial charge in [0.15, 0.2) is 0 Å². The van der Waals surface area contributed by atoms with Gasteiger partial charge in [0.1, 0.15) is 5.82 Å². The van der Waals surface area contributed by atoms with Gasteiger partial charge < -0.3 is 0 Å². The number of aromatic nitrogens is 1. The summed E-state index contributed by atoms with van der Waals surface area (Å²) in [5.41, 5.74) is 6.14. The number of anilines is 1. The van der Waals surface area contributed by atoms with Crippen LogP contribution in [0.1, 0.15) is 11.3 Å². The first kappa shape index (κ1) is 14.5. The molecular weight excluding hydrogens is 301 g/mol. The summed E-state index contributed by atoms with van der Waals surface area (Å²) in [5.74, 6) is -0.303. The summed E-state index contributed by atoms with van der Waals surface area (Å²) in [6, 6.07) is 13.7. The smallest absolute Gasteiger partial charge is 0.124 e. The monoisotopic (exact) mass is 313 g/mol. The van der Waals surface area contributed by atoms with Crippen molar-refractivity contribution in [2.24, 2.45) is 5.10 Å². The molecule has 5 heteroatoms. The zero-order valence-corrected chi connectivity index (χ0v) is 12.6. The van der Waals surface area contributed by atoms with E-state index in [0.29, 0.717) is 16.1 Å². The van der Waals surface area contributed by atoms with Crippen LogP contribution in [0.4, 0.5) is 10.1 Å². The molecule has 0 radical (unpaired) electrons. The quantitative estimate of drug-likeness (QED) is 0.558. The molecule has 1 heterocycles. The van der Waals surface area contributed by atoms with Crippen LogP contribution in [0, 0.1) is 12.7 Å². The first-order valence-electron chi connectivity index (χ1n) is 6.73. The fraction of sp³-hybridized carbons (Fsp3) is 0.0588. The van der Waals surface area contributed by atoms with Crippen molar-refractivity contribution in [3.63, 3.8) is 0 Å². The molecule has 0 aliphatic rings. The number of nitrogens with one attached hydrogen (secondary N) is 1. The normalized spacial score (nSPS) is 11.2. The summed E-state index contributed by atoms with van der Waals surface area (Å²) in [7, 11) is 0. The predicted molar refractivity (Wildman–Crippen MR) is 89.1 cm³/mol.